The lowest BCUT2D eigenvalue weighted by Gasteiger charge is -2.12. The molecule has 94 valence electrons. The Labute approximate surface area is 111 Å². The molecule has 0 unspecified atom stereocenters. The Kier molecular flexibility index (Phi) is 4.54. The SMILES string of the molecule is N#Cc1csc(C(=O)NCCC2=CCCCC2)c1. The van der Waals surface area contributed by atoms with E-state index in [2.05, 4.69) is 11.4 Å². The summed E-state index contributed by atoms with van der Waals surface area (Å²) in [5.74, 6) is -0.0714. The van der Waals surface area contributed by atoms with Crippen LogP contribution in [-0.2, 0) is 0 Å². The monoisotopic (exact) mass is 260 g/mol. The maximum atomic E-state index is 11.8. The summed E-state index contributed by atoms with van der Waals surface area (Å²) in [6.45, 7) is 0.685. The number of nitrogens with one attached hydrogen (secondary N) is 1. The maximum absolute atomic E-state index is 11.8. The Morgan fingerprint density at radius 1 is 1.50 bits per heavy atom. The zero-order chi connectivity index (χ0) is 12.8. The van der Waals surface area contributed by atoms with Crippen molar-refractivity contribution in [2.75, 3.05) is 6.54 Å². The molecule has 0 atom stereocenters. The van der Waals surface area contributed by atoms with Gasteiger partial charge in [0.2, 0.25) is 0 Å². The highest BCUT2D eigenvalue weighted by Crippen LogP contribution is 2.19. The average Bonchev–Trinajstić information content (AvgIpc) is 2.89. The number of thiophene rings is 1. The minimum atomic E-state index is -0.0714. The second-order valence-electron chi connectivity index (χ2n) is 4.43. The van der Waals surface area contributed by atoms with E-state index in [9.17, 15) is 4.79 Å². The quantitative estimate of drug-likeness (QED) is 0.845. The predicted molar refractivity (Wildman–Crippen MR) is 72.5 cm³/mol. The number of carbonyl (C=O) groups excluding carboxylic acids is 1. The predicted octanol–water partition coefficient (Wildman–Crippen LogP) is 3.24. The highest BCUT2D eigenvalue weighted by Gasteiger charge is 2.09. The molecule has 1 N–H and O–H groups in total. The molecule has 1 aromatic rings. The molecule has 0 saturated heterocycles. The summed E-state index contributed by atoms with van der Waals surface area (Å²) in [6.07, 6.45) is 8.17. The highest BCUT2D eigenvalue weighted by atomic mass is 32.1. The van der Waals surface area contributed by atoms with Crippen LogP contribution in [0.15, 0.2) is 23.1 Å². The number of hydrogen-bond donors (Lipinski definition) is 1. The number of allylic oxidation sites excluding steroid dienone is 1. The van der Waals surface area contributed by atoms with Gasteiger partial charge in [-0.25, -0.2) is 0 Å². The summed E-state index contributed by atoms with van der Waals surface area (Å²) in [7, 11) is 0. The minimum absolute atomic E-state index is 0.0714. The van der Waals surface area contributed by atoms with E-state index in [0.717, 1.165) is 6.42 Å². The maximum Gasteiger partial charge on any atom is 0.261 e. The molecule has 18 heavy (non-hydrogen) atoms. The number of amides is 1. The summed E-state index contributed by atoms with van der Waals surface area (Å²) >= 11 is 1.32. The van der Waals surface area contributed by atoms with Gasteiger partial charge in [0, 0.05) is 11.9 Å². The molecule has 3 nitrogen and oxygen atoms in total. The van der Waals surface area contributed by atoms with E-state index in [0.29, 0.717) is 17.0 Å². The number of carbonyl (C=O) groups is 1. The van der Waals surface area contributed by atoms with Gasteiger partial charge in [-0.15, -0.1) is 11.3 Å². The van der Waals surface area contributed by atoms with Gasteiger partial charge in [-0.2, -0.15) is 5.26 Å². The molecule has 0 bridgehead atoms. The third-order valence-electron chi connectivity index (χ3n) is 3.07. The number of hydrogen-bond acceptors (Lipinski definition) is 3. The third-order valence-corrected chi connectivity index (χ3v) is 4.00. The molecule has 0 spiro atoms. The van der Waals surface area contributed by atoms with Crippen LogP contribution in [0.4, 0.5) is 0 Å². The Morgan fingerprint density at radius 2 is 2.39 bits per heavy atom. The van der Waals surface area contributed by atoms with Gasteiger partial charge in [0.05, 0.1) is 10.4 Å². The number of rotatable bonds is 4. The fourth-order valence-electron chi connectivity index (χ4n) is 2.07. The first kappa shape index (κ1) is 12.8. The Bertz CT molecular complexity index is 496. The Morgan fingerprint density at radius 3 is 3.06 bits per heavy atom. The lowest BCUT2D eigenvalue weighted by molar-refractivity contribution is 0.0958. The number of nitriles is 1. The van der Waals surface area contributed by atoms with Crippen LogP contribution in [0.3, 0.4) is 0 Å². The highest BCUT2D eigenvalue weighted by molar-refractivity contribution is 7.12. The molecule has 0 radical (unpaired) electrons. The Hall–Kier alpha value is -1.60. The smallest absolute Gasteiger partial charge is 0.261 e. The summed E-state index contributed by atoms with van der Waals surface area (Å²) in [6, 6.07) is 3.67. The van der Waals surface area contributed by atoms with Crippen LogP contribution in [0.25, 0.3) is 0 Å². The van der Waals surface area contributed by atoms with E-state index in [4.69, 9.17) is 5.26 Å². The summed E-state index contributed by atoms with van der Waals surface area (Å²) < 4.78 is 0. The van der Waals surface area contributed by atoms with Gasteiger partial charge in [0.15, 0.2) is 0 Å². The summed E-state index contributed by atoms with van der Waals surface area (Å²) in [4.78, 5) is 12.4. The van der Waals surface area contributed by atoms with Crippen LogP contribution in [0.2, 0.25) is 0 Å². The van der Waals surface area contributed by atoms with E-state index < -0.39 is 0 Å². The van der Waals surface area contributed by atoms with Gasteiger partial charge < -0.3 is 5.32 Å². The van der Waals surface area contributed by atoms with Crippen molar-refractivity contribution in [1.82, 2.24) is 5.32 Å². The van der Waals surface area contributed by atoms with Crippen molar-refractivity contribution in [2.24, 2.45) is 0 Å². The second kappa shape index (κ2) is 6.36. The number of nitrogens with zero attached hydrogens (tertiary/aromatic N) is 1. The van der Waals surface area contributed by atoms with Crippen molar-refractivity contribution in [3.05, 3.63) is 33.5 Å². The van der Waals surface area contributed by atoms with E-state index in [1.165, 1.54) is 42.6 Å². The van der Waals surface area contributed by atoms with E-state index >= 15 is 0 Å². The molecular weight excluding hydrogens is 244 g/mol. The van der Waals surface area contributed by atoms with Crippen LogP contribution < -0.4 is 5.32 Å². The molecular formula is C14H16N2OS. The minimum Gasteiger partial charge on any atom is -0.351 e. The summed E-state index contributed by atoms with van der Waals surface area (Å²) in [5.41, 5.74) is 2.02. The molecule has 1 heterocycles. The normalized spacial score (nSPS) is 14.7. The van der Waals surface area contributed by atoms with Crippen molar-refractivity contribution in [3.8, 4) is 6.07 Å². The molecule has 0 saturated carbocycles. The van der Waals surface area contributed by atoms with Crippen molar-refractivity contribution in [2.45, 2.75) is 32.1 Å². The first-order valence-electron chi connectivity index (χ1n) is 6.24. The van der Waals surface area contributed by atoms with Gasteiger partial charge in [-0.1, -0.05) is 11.6 Å². The standard InChI is InChI=1S/C14H16N2OS/c15-9-12-8-13(18-10-12)14(17)16-7-6-11-4-2-1-3-5-11/h4,8,10H,1-3,5-7H2,(H,16,17). The second-order valence-corrected chi connectivity index (χ2v) is 5.34. The fraction of sp³-hybridized carbons (Fsp3) is 0.429. The Balaban J connectivity index is 1.78. The van der Waals surface area contributed by atoms with Crippen molar-refractivity contribution in [1.29, 1.82) is 5.26 Å². The molecule has 0 aromatic carbocycles. The first-order valence-corrected chi connectivity index (χ1v) is 7.12. The first-order chi connectivity index (χ1) is 8.79. The van der Waals surface area contributed by atoms with E-state index in [1.807, 2.05) is 6.07 Å². The van der Waals surface area contributed by atoms with Gasteiger partial charge >= 0.3 is 0 Å². The molecule has 4 heteroatoms. The van der Waals surface area contributed by atoms with Crippen LogP contribution in [-0.4, -0.2) is 12.5 Å². The zero-order valence-electron chi connectivity index (χ0n) is 10.2. The van der Waals surface area contributed by atoms with E-state index in [-0.39, 0.29) is 5.91 Å². The van der Waals surface area contributed by atoms with Gasteiger partial charge in [-0.05, 0) is 38.2 Å². The molecule has 1 aromatic heterocycles. The van der Waals surface area contributed by atoms with Crippen LogP contribution >= 0.6 is 11.3 Å². The molecule has 1 amide bonds. The third kappa shape index (κ3) is 3.44. The van der Waals surface area contributed by atoms with Crippen LogP contribution in [0, 0.1) is 11.3 Å². The van der Waals surface area contributed by atoms with Crippen LogP contribution in [0.5, 0.6) is 0 Å². The van der Waals surface area contributed by atoms with Gasteiger partial charge in [0.1, 0.15) is 6.07 Å². The van der Waals surface area contributed by atoms with E-state index in [1.54, 1.807) is 11.4 Å². The molecule has 1 aliphatic rings. The summed E-state index contributed by atoms with van der Waals surface area (Å²) in [5, 5.41) is 13.3. The van der Waals surface area contributed by atoms with Crippen molar-refractivity contribution >= 4 is 17.2 Å². The molecule has 0 aliphatic heterocycles. The lowest BCUT2D eigenvalue weighted by atomic mass is 9.97. The van der Waals surface area contributed by atoms with Crippen molar-refractivity contribution < 1.29 is 4.79 Å². The lowest BCUT2D eigenvalue weighted by Crippen LogP contribution is -2.24. The van der Waals surface area contributed by atoms with Crippen molar-refractivity contribution in [3.63, 3.8) is 0 Å². The zero-order valence-corrected chi connectivity index (χ0v) is 11.1. The molecule has 1 aliphatic carbocycles. The topological polar surface area (TPSA) is 52.9 Å². The average molecular weight is 260 g/mol. The van der Waals surface area contributed by atoms with Gasteiger partial charge in [-0.3, -0.25) is 4.79 Å². The van der Waals surface area contributed by atoms with Gasteiger partial charge in [0.25, 0.3) is 5.91 Å². The van der Waals surface area contributed by atoms with Crippen LogP contribution in [0.1, 0.15) is 47.3 Å². The molecule has 0 fully saturated rings. The fourth-order valence-corrected chi connectivity index (χ4v) is 2.82. The largest absolute Gasteiger partial charge is 0.351 e. The molecule has 2 rings (SSSR count).